The Kier molecular flexibility index (Phi) is 8.28. The van der Waals surface area contributed by atoms with Gasteiger partial charge in [-0.05, 0) is 54.2 Å². The molecule has 3 aromatic rings. The van der Waals surface area contributed by atoms with Crippen LogP contribution in [-0.2, 0) is 14.3 Å². The molecule has 2 heterocycles. The molecule has 2 aliphatic heterocycles. The van der Waals surface area contributed by atoms with Gasteiger partial charge in [-0.1, -0.05) is 60.7 Å². The van der Waals surface area contributed by atoms with Crippen LogP contribution in [0.2, 0.25) is 0 Å². The molecule has 0 spiro atoms. The summed E-state index contributed by atoms with van der Waals surface area (Å²) < 4.78 is 10.8. The van der Waals surface area contributed by atoms with Gasteiger partial charge >= 0.3 is 5.97 Å². The predicted molar refractivity (Wildman–Crippen MR) is 162 cm³/mol. The highest BCUT2D eigenvalue weighted by Gasteiger charge is 2.43. The third kappa shape index (κ3) is 6.05. The van der Waals surface area contributed by atoms with Gasteiger partial charge in [0.05, 0.1) is 35.5 Å². The average molecular weight is 581 g/mol. The van der Waals surface area contributed by atoms with Crippen LogP contribution >= 0.6 is 0 Å². The number of hydrogen-bond acceptors (Lipinski definition) is 8. The van der Waals surface area contributed by atoms with E-state index in [9.17, 15) is 19.7 Å². The Labute approximate surface area is 249 Å². The summed E-state index contributed by atoms with van der Waals surface area (Å²) in [6.07, 6.45) is 4.85. The summed E-state index contributed by atoms with van der Waals surface area (Å²) in [7, 11) is 0. The summed E-state index contributed by atoms with van der Waals surface area (Å²) in [6.45, 7) is 1.44. The standard InChI is InChI=1S/C33H32N4O6/c38-30(22-43-33(39)26-14-15-28(29(21-26)37(40)41)35-16-18-42-19-17-35)36-32(24-10-5-2-6-11-24)27-13-7-12-25(31(27)34-36)20-23-8-3-1-4-9-23/h1-6,8-11,14-15,20-21,27,32H,7,12-13,16-19,22H2. The lowest BCUT2D eigenvalue weighted by atomic mass is 9.77. The van der Waals surface area contributed by atoms with Crippen molar-refractivity contribution in [2.45, 2.75) is 25.3 Å². The second kappa shape index (κ2) is 12.6. The zero-order chi connectivity index (χ0) is 29.8. The summed E-state index contributed by atoms with van der Waals surface area (Å²) in [5.41, 5.74) is 4.25. The third-order valence-corrected chi connectivity index (χ3v) is 8.12. The highest BCUT2D eigenvalue weighted by atomic mass is 16.6. The number of carbonyl (C=O) groups excluding carboxylic acids is 2. The molecule has 220 valence electrons. The Morgan fingerprint density at radius 1 is 1.02 bits per heavy atom. The summed E-state index contributed by atoms with van der Waals surface area (Å²) in [6, 6.07) is 23.7. The number of anilines is 1. The highest BCUT2D eigenvalue weighted by molar-refractivity contribution is 6.08. The van der Waals surface area contributed by atoms with Crippen molar-refractivity contribution < 1.29 is 24.0 Å². The fourth-order valence-corrected chi connectivity index (χ4v) is 6.09. The summed E-state index contributed by atoms with van der Waals surface area (Å²) >= 11 is 0. The number of rotatable bonds is 7. The zero-order valence-electron chi connectivity index (χ0n) is 23.6. The first-order valence-corrected chi connectivity index (χ1v) is 14.5. The van der Waals surface area contributed by atoms with E-state index in [2.05, 4.69) is 6.08 Å². The molecule has 1 saturated carbocycles. The topological polar surface area (TPSA) is 115 Å². The number of nitro groups is 1. The SMILES string of the molecule is O=C(OCC(=O)N1N=C2C(=Cc3ccccc3)CCCC2C1c1ccccc1)c1ccc(N2CCOCC2)c([N+](=O)[O-])c1. The first kappa shape index (κ1) is 28.3. The second-order valence-electron chi connectivity index (χ2n) is 10.8. The van der Waals surface area contributed by atoms with Crippen molar-refractivity contribution in [3.8, 4) is 0 Å². The molecule has 1 saturated heterocycles. The van der Waals surface area contributed by atoms with Crippen molar-refractivity contribution in [2.24, 2.45) is 11.0 Å². The van der Waals surface area contributed by atoms with E-state index in [0.29, 0.717) is 32.0 Å². The normalized spacial score (nSPS) is 20.8. The molecule has 0 bridgehead atoms. The number of carbonyl (C=O) groups is 2. The Morgan fingerprint density at radius 3 is 2.47 bits per heavy atom. The number of nitrogens with zero attached hydrogens (tertiary/aromatic N) is 4. The molecule has 3 aromatic carbocycles. The number of morpholine rings is 1. The van der Waals surface area contributed by atoms with E-state index in [0.717, 1.165) is 41.7 Å². The van der Waals surface area contributed by atoms with Crippen LogP contribution in [0.5, 0.6) is 0 Å². The van der Waals surface area contributed by atoms with E-state index in [4.69, 9.17) is 14.6 Å². The maximum absolute atomic E-state index is 13.6. The van der Waals surface area contributed by atoms with Gasteiger partial charge in [-0.3, -0.25) is 14.9 Å². The molecule has 10 heteroatoms. The quantitative estimate of drug-likeness (QED) is 0.208. The summed E-state index contributed by atoms with van der Waals surface area (Å²) in [4.78, 5) is 39.8. The first-order valence-electron chi connectivity index (χ1n) is 14.5. The van der Waals surface area contributed by atoms with Crippen LogP contribution in [0.3, 0.4) is 0 Å². The van der Waals surface area contributed by atoms with E-state index in [1.807, 2.05) is 65.6 Å². The van der Waals surface area contributed by atoms with Gasteiger partial charge in [0.1, 0.15) is 5.69 Å². The van der Waals surface area contributed by atoms with Gasteiger partial charge in [-0.2, -0.15) is 5.10 Å². The number of hydrazone groups is 1. The van der Waals surface area contributed by atoms with Crippen molar-refractivity contribution >= 4 is 35.0 Å². The molecule has 0 N–H and O–H groups in total. The Morgan fingerprint density at radius 2 is 1.74 bits per heavy atom. The Bertz CT molecular complexity index is 1570. The van der Waals surface area contributed by atoms with E-state index < -0.39 is 23.4 Å². The van der Waals surface area contributed by atoms with Crippen LogP contribution in [-0.4, -0.2) is 60.4 Å². The number of esters is 1. The lowest BCUT2D eigenvalue weighted by molar-refractivity contribution is -0.384. The molecule has 0 aromatic heterocycles. The molecular weight excluding hydrogens is 548 g/mol. The van der Waals surface area contributed by atoms with Gasteiger partial charge in [-0.25, -0.2) is 9.80 Å². The molecule has 43 heavy (non-hydrogen) atoms. The first-order chi connectivity index (χ1) is 21.0. The number of nitro benzene ring substituents is 1. The van der Waals surface area contributed by atoms with Crippen LogP contribution in [0.1, 0.15) is 46.8 Å². The van der Waals surface area contributed by atoms with Gasteiger partial charge < -0.3 is 14.4 Å². The van der Waals surface area contributed by atoms with E-state index >= 15 is 0 Å². The third-order valence-electron chi connectivity index (χ3n) is 8.12. The molecule has 3 aliphatic rings. The van der Waals surface area contributed by atoms with Crippen LogP contribution in [0.25, 0.3) is 6.08 Å². The van der Waals surface area contributed by atoms with Crippen LogP contribution in [0, 0.1) is 16.0 Å². The van der Waals surface area contributed by atoms with Crippen molar-refractivity contribution in [3.63, 3.8) is 0 Å². The van der Waals surface area contributed by atoms with Crippen LogP contribution < -0.4 is 4.90 Å². The Hall–Kier alpha value is -4.83. The average Bonchev–Trinajstić information content (AvgIpc) is 3.45. The summed E-state index contributed by atoms with van der Waals surface area (Å²) in [5.74, 6) is -1.25. The monoisotopic (exact) mass is 580 g/mol. The van der Waals surface area contributed by atoms with Crippen molar-refractivity contribution in [2.75, 3.05) is 37.8 Å². The second-order valence-corrected chi connectivity index (χ2v) is 10.8. The molecule has 10 nitrogen and oxygen atoms in total. The zero-order valence-corrected chi connectivity index (χ0v) is 23.6. The van der Waals surface area contributed by atoms with Crippen LogP contribution in [0.15, 0.2) is 89.5 Å². The predicted octanol–water partition coefficient (Wildman–Crippen LogP) is 5.41. The van der Waals surface area contributed by atoms with E-state index in [-0.39, 0.29) is 23.2 Å². The van der Waals surface area contributed by atoms with Gasteiger partial charge in [-0.15, -0.1) is 0 Å². The largest absolute Gasteiger partial charge is 0.452 e. The Balaban J connectivity index is 1.22. The van der Waals surface area contributed by atoms with E-state index in [1.54, 1.807) is 6.07 Å². The van der Waals surface area contributed by atoms with Gasteiger partial charge in [0.15, 0.2) is 6.61 Å². The molecule has 1 amide bonds. The molecule has 2 atom stereocenters. The van der Waals surface area contributed by atoms with Crippen molar-refractivity contribution in [1.29, 1.82) is 0 Å². The number of fused-ring (bicyclic) bond motifs is 1. The molecular formula is C33H32N4O6. The van der Waals surface area contributed by atoms with Crippen LogP contribution in [0.4, 0.5) is 11.4 Å². The summed E-state index contributed by atoms with van der Waals surface area (Å²) in [5, 5.41) is 18.1. The minimum atomic E-state index is -0.810. The van der Waals surface area contributed by atoms with E-state index in [1.165, 1.54) is 17.1 Å². The van der Waals surface area contributed by atoms with Gasteiger partial charge in [0, 0.05) is 25.1 Å². The number of ether oxygens (including phenoxy) is 2. The fraction of sp³-hybridized carbons (Fsp3) is 0.303. The van der Waals surface area contributed by atoms with Gasteiger partial charge in [0.2, 0.25) is 0 Å². The smallest absolute Gasteiger partial charge is 0.338 e. The maximum Gasteiger partial charge on any atom is 0.338 e. The molecule has 2 fully saturated rings. The lowest BCUT2D eigenvalue weighted by Crippen LogP contribution is -2.36. The highest BCUT2D eigenvalue weighted by Crippen LogP contribution is 2.44. The van der Waals surface area contributed by atoms with Gasteiger partial charge in [0.25, 0.3) is 11.6 Å². The van der Waals surface area contributed by atoms with Crippen molar-refractivity contribution in [1.82, 2.24) is 5.01 Å². The molecule has 2 unspecified atom stereocenters. The molecule has 0 radical (unpaired) electrons. The number of benzene rings is 3. The lowest BCUT2D eigenvalue weighted by Gasteiger charge is -2.29. The minimum absolute atomic E-state index is 0.00519. The maximum atomic E-state index is 13.6. The fourth-order valence-electron chi connectivity index (χ4n) is 6.09. The molecule has 6 rings (SSSR count). The molecule has 1 aliphatic carbocycles. The minimum Gasteiger partial charge on any atom is -0.452 e. The van der Waals surface area contributed by atoms with Crippen molar-refractivity contribution in [3.05, 3.63) is 111 Å². The number of hydrogen-bond donors (Lipinski definition) is 0. The number of amides is 1. The number of allylic oxidation sites excluding steroid dienone is 1.